The molecule has 0 saturated carbocycles. The quantitative estimate of drug-likeness (QED) is 0.137. The summed E-state index contributed by atoms with van der Waals surface area (Å²) in [6.45, 7) is 4.86. The standard InChI is InChI=1S/C30H39N5O7/c1-4-16(2)26(30(41)42)35-28(39)23(13-18-9-11-20(37)12-10-18)33-27(38)24(34-29(40)25(31)17(3)36)14-19-15-32-22-8-6-5-7-21(19)22/h5-12,15-17,23-26,32,36-37H,4,13-14,31H2,1-3H3,(H,33,38)(H,34,40)(H,35,39)(H,41,42). The number of hydrogen-bond acceptors (Lipinski definition) is 7. The first-order chi connectivity index (χ1) is 19.9. The van der Waals surface area contributed by atoms with Gasteiger partial charge in [0.05, 0.1) is 6.10 Å². The Kier molecular flexibility index (Phi) is 11.1. The lowest BCUT2D eigenvalue weighted by Gasteiger charge is -2.27. The minimum atomic E-state index is -1.30. The number of carbonyl (C=O) groups excluding carboxylic acids is 3. The second-order valence-corrected chi connectivity index (χ2v) is 10.5. The summed E-state index contributed by atoms with van der Waals surface area (Å²) in [5, 5.41) is 37.8. The van der Waals surface area contributed by atoms with Gasteiger partial charge in [0.25, 0.3) is 0 Å². The SMILES string of the molecule is CCC(C)C(NC(=O)C(Cc1ccc(O)cc1)NC(=O)C(Cc1c[nH]c2ccccc12)NC(=O)C(N)C(C)O)C(=O)O. The highest BCUT2D eigenvalue weighted by molar-refractivity contribution is 5.95. The number of para-hydroxylation sites is 1. The zero-order valence-corrected chi connectivity index (χ0v) is 23.8. The second kappa shape index (κ2) is 14.5. The summed E-state index contributed by atoms with van der Waals surface area (Å²) in [5.74, 6) is -3.76. The number of H-pyrrole nitrogens is 1. The zero-order chi connectivity index (χ0) is 31.0. The summed E-state index contributed by atoms with van der Waals surface area (Å²) < 4.78 is 0. The molecule has 3 amide bonds. The maximum absolute atomic E-state index is 13.7. The Bertz CT molecular complexity index is 1390. The normalized spacial score (nSPS) is 15.5. The Hall–Kier alpha value is -4.42. The van der Waals surface area contributed by atoms with Crippen molar-refractivity contribution in [1.29, 1.82) is 0 Å². The van der Waals surface area contributed by atoms with Crippen LogP contribution in [0.1, 0.15) is 38.3 Å². The number of benzene rings is 2. The van der Waals surface area contributed by atoms with Crippen LogP contribution < -0.4 is 21.7 Å². The smallest absolute Gasteiger partial charge is 0.326 e. The molecule has 0 saturated heterocycles. The monoisotopic (exact) mass is 581 g/mol. The fourth-order valence-electron chi connectivity index (χ4n) is 4.50. The number of nitrogens with two attached hydrogens (primary N) is 1. The van der Waals surface area contributed by atoms with E-state index in [1.807, 2.05) is 24.3 Å². The largest absolute Gasteiger partial charge is 0.508 e. The van der Waals surface area contributed by atoms with E-state index in [1.54, 1.807) is 32.2 Å². The third-order valence-electron chi connectivity index (χ3n) is 7.34. The van der Waals surface area contributed by atoms with E-state index >= 15 is 0 Å². The Morgan fingerprint density at radius 3 is 2.10 bits per heavy atom. The number of phenols is 1. The van der Waals surface area contributed by atoms with Crippen LogP contribution in [-0.2, 0) is 32.0 Å². The molecule has 3 aromatic rings. The Labute approximate surface area is 243 Å². The fraction of sp³-hybridized carbons (Fsp3) is 0.400. The number of carbonyl (C=O) groups is 4. The molecule has 2 aromatic carbocycles. The Balaban J connectivity index is 1.92. The fourth-order valence-corrected chi connectivity index (χ4v) is 4.50. The van der Waals surface area contributed by atoms with Gasteiger partial charge in [0.1, 0.15) is 29.9 Å². The molecule has 9 N–H and O–H groups in total. The van der Waals surface area contributed by atoms with E-state index in [4.69, 9.17) is 5.73 Å². The lowest BCUT2D eigenvalue weighted by atomic mass is 9.97. The van der Waals surface area contributed by atoms with Gasteiger partial charge < -0.3 is 42.0 Å². The molecule has 0 spiro atoms. The molecule has 12 heteroatoms. The van der Waals surface area contributed by atoms with E-state index in [9.17, 15) is 34.5 Å². The minimum Gasteiger partial charge on any atom is -0.508 e. The van der Waals surface area contributed by atoms with Crippen LogP contribution in [0.4, 0.5) is 0 Å². The van der Waals surface area contributed by atoms with Crippen LogP contribution in [0.3, 0.4) is 0 Å². The number of amides is 3. The van der Waals surface area contributed by atoms with Crippen LogP contribution in [0.2, 0.25) is 0 Å². The predicted octanol–water partition coefficient (Wildman–Crippen LogP) is 0.952. The van der Waals surface area contributed by atoms with Crippen molar-refractivity contribution < 1.29 is 34.5 Å². The maximum atomic E-state index is 13.7. The number of hydrogen-bond donors (Lipinski definition) is 8. The van der Waals surface area contributed by atoms with Crippen molar-refractivity contribution in [2.75, 3.05) is 0 Å². The van der Waals surface area contributed by atoms with Gasteiger partial charge in [0.2, 0.25) is 17.7 Å². The van der Waals surface area contributed by atoms with Gasteiger partial charge in [-0.2, -0.15) is 0 Å². The molecule has 226 valence electrons. The Morgan fingerprint density at radius 1 is 0.881 bits per heavy atom. The topological polar surface area (TPSA) is 207 Å². The summed E-state index contributed by atoms with van der Waals surface area (Å²) in [5.41, 5.74) is 7.96. The van der Waals surface area contributed by atoms with E-state index in [0.29, 0.717) is 12.0 Å². The Morgan fingerprint density at radius 2 is 1.48 bits per heavy atom. The molecule has 0 fully saturated rings. The predicted molar refractivity (Wildman–Crippen MR) is 156 cm³/mol. The third-order valence-corrected chi connectivity index (χ3v) is 7.34. The van der Waals surface area contributed by atoms with Gasteiger partial charge in [-0.05, 0) is 42.2 Å². The number of aliphatic hydroxyl groups excluding tert-OH is 1. The van der Waals surface area contributed by atoms with Crippen molar-refractivity contribution >= 4 is 34.6 Å². The first kappa shape index (κ1) is 32.1. The highest BCUT2D eigenvalue weighted by Crippen LogP contribution is 2.20. The number of aromatic hydroxyl groups is 1. The molecule has 1 aromatic heterocycles. The van der Waals surface area contributed by atoms with Crippen LogP contribution in [0.15, 0.2) is 54.7 Å². The van der Waals surface area contributed by atoms with Gasteiger partial charge in [-0.3, -0.25) is 14.4 Å². The molecule has 0 aliphatic rings. The molecule has 6 unspecified atom stereocenters. The highest BCUT2D eigenvalue weighted by Gasteiger charge is 2.33. The van der Waals surface area contributed by atoms with E-state index in [2.05, 4.69) is 20.9 Å². The molecule has 3 rings (SSSR count). The molecule has 0 radical (unpaired) electrons. The van der Waals surface area contributed by atoms with E-state index in [-0.39, 0.29) is 24.5 Å². The maximum Gasteiger partial charge on any atom is 0.326 e. The van der Waals surface area contributed by atoms with Crippen LogP contribution in [0, 0.1) is 5.92 Å². The summed E-state index contributed by atoms with van der Waals surface area (Å²) in [4.78, 5) is 55.0. The van der Waals surface area contributed by atoms with Crippen LogP contribution in [0.5, 0.6) is 5.75 Å². The number of aliphatic carboxylic acids is 1. The third kappa shape index (κ3) is 8.30. The number of aromatic amines is 1. The number of carboxylic acid groups (broad SMARTS) is 1. The second-order valence-electron chi connectivity index (χ2n) is 10.5. The van der Waals surface area contributed by atoms with Gasteiger partial charge in [-0.15, -0.1) is 0 Å². The van der Waals surface area contributed by atoms with E-state index in [1.165, 1.54) is 19.1 Å². The number of rotatable bonds is 14. The number of aromatic nitrogens is 1. The first-order valence-corrected chi connectivity index (χ1v) is 13.8. The van der Waals surface area contributed by atoms with Crippen molar-refractivity contribution in [3.05, 3.63) is 65.9 Å². The van der Waals surface area contributed by atoms with Crippen LogP contribution in [0.25, 0.3) is 10.9 Å². The van der Waals surface area contributed by atoms with Crippen molar-refractivity contribution in [3.63, 3.8) is 0 Å². The molecule has 12 nitrogen and oxygen atoms in total. The molecule has 0 bridgehead atoms. The van der Waals surface area contributed by atoms with Gasteiger partial charge >= 0.3 is 5.97 Å². The molecule has 1 heterocycles. The zero-order valence-electron chi connectivity index (χ0n) is 23.8. The highest BCUT2D eigenvalue weighted by atomic mass is 16.4. The summed E-state index contributed by atoms with van der Waals surface area (Å²) in [6.07, 6.45) is 1.05. The molecule has 0 aliphatic heterocycles. The number of phenolic OH excluding ortho intramolecular Hbond substituents is 1. The van der Waals surface area contributed by atoms with Crippen molar-refractivity contribution in [2.45, 2.75) is 70.3 Å². The van der Waals surface area contributed by atoms with Gasteiger partial charge in [-0.1, -0.05) is 50.6 Å². The van der Waals surface area contributed by atoms with Gasteiger partial charge in [-0.25, -0.2) is 4.79 Å². The van der Waals surface area contributed by atoms with Crippen LogP contribution in [-0.4, -0.2) is 74.3 Å². The first-order valence-electron chi connectivity index (χ1n) is 13.8. The van der Waals surface area contributed by atoms with E-state index < -0.39 is 54.0 Å². The molecular weight excluding hydrogens is 542 g/mol. The molecule has 6 atom stereocenters. The van der Waals surface area contributed by atoms with Gasteiger partial charge in [0, 0.05) is 29.9 Å². The van der Waals surface area contributed by atoms with Crippen molar-refractivity contribution in [2.24, 2.45) is 11.7 Å². The number of fused-ring (bicyclic) bond motifs is 1. The van der Waals surface area contributed by atoms with E-state index in [0.717, 1.165) is 16.5 Å². The van der Waals surface area contributed by atoms with Gasteiger partial charge in [0.15, 0.2) is 0 Å². The molecule has 0 aliphatic carbocycles. The number of carboxylic acids is 1. The summed E-state index contributed by atoms with van der Waals surface area (Å²) >= 11 is 0. The number of aliphatic hydroxyl groups is 1. The average molecular weight is 582 g/mol. The molecule has 42 heavy (non-hydrogen) atoms. The van der Waals surface area contributed by atoms with Crippen LogP contribution >= 0.6 is 0 Å². The average Bonchev–Trinajstić information content (AvgIpc) is 3.37. The minimum absolute atomic E-state index is 0.0162. The van der Waals surface area contributed by atoms with Crippen molar-refractivity contribution in [1.82, 2.24) is 20.9 Å². The lowest BCUT2D eigenvalue weighted by Crippen LogP contribution is -2.59. The summed E-state index contributed by atoms with van der Waals surface area (Å²) in [6, 6.07) is 8.55. The summed E-state index contributed by atoms with van der Waals surface area (Å²) in [7, 11) is 0. The lowest BCUT2D eigenvalue weighted by molar-refractivity contribution is -0.143. The van der Waals surface area contributed by atoms with Crippen molar-refractivity contribution in [3.8, 4) is 5.75 Å². The molecular formula is C30H39N5O7. The number of nitrogens with one attached hydrogen (secondary N) is 4.